The molecule has 2 heterocycles. The van der Waals surface area contributed by atoms with E-state index in [-0.39, 0.29) is 21.9 Å². The van der Waals surface area contributed by atoms with Crippen LogP contribution in [-0.2, 0) is 21.2 Å². The maximum Gasteiger partial charge on any atom is 0.261 e. The molecule has 1 fully saturated rings. The van der Waals surface area contributed by atoms with Crippen molar-refractivity contribution in [1.82, 2.24) is 10.3 Å². The lowest BCUT2D eigenvalue weighted by Gasteiger charge is -2.11. The Balaban J connectivity index is 1.59. The van der Waals surface area contributed by atoms with Gasteiger partial charge in [-0.05, 0) is 55.2 Å². The van der Waals surface area contributed by atoms with Gasteiger partial charge in [0.15, 0.2) is 0 Å². The summed E-state index contributed by atoms with van der Waals surface area (Å²) in [6.07, 6.45) is 3.96. The Morgan fingerprint density at radius 1 is 1.19 bits per heavy atom. The number of amides is 1. The molecule has 8 nitrogen and oxygen atoms in total. The van der Waals surface area contributed by atoms with Gasteiger partial charge in [0.05, 0.1) is 11.0 Å². The zero-order valence-corrected chi connectivity index (χ0v) is 18.5. The molecule has 0 aliphatic carbocycles. The Bertz CT molecular complexity index is 1290. The summed E-state index contributed by atoms with van der Waals surface area (Å²) in [5.74, 6) is -0.522. The van der Waals surface area contributed by atoms with Crippen molar-refractivity contribution >= 4 is 32.5 Å². The standard InChI is InChI=1S/C23H25N3O5S/c1-2-15-5-7-16(8-6-15)26-32(29,30)18-9-10-21-19(12-18)22(27)20(14-24-21)23(28)25-13-17-4-3-11-31-17/h5-10,12,14,17,26H,2-4,11,13H2,1H3,(H,24,27)(H,25,28)/t17-/m0/s1. The van der Waals surface area contributed by atoms with Gasteiger partial charge >= 0.3 is 0 Å². The van der Waals surface area contributed by atoms with E-state index in [0.29, 0.717) is 24.4 Å². The van der Waals surface area contributed by atoms with E-state index in [2.05, 4.69) is 15.0 Å². The first kappa shape index (κ1) is 22.0. The van der Waals surface area contributed by atoms with Crippen LogP contribution in [0.25, 0.3) is 10.9 Å². The first-order valence-corrected chi connectivity index (χ1v) is 12.0. The van der Waals surface area contributed by atoms with E-state index in [1.807, 2.05) is 19.1 Å². The van der Waals surface area contributed by atoms with Gasteiger partial charge in [-0.15, -0.1) is 0 Å². The van der Waals surface area contributed by atoms with E-state index in [1.165, 1.54) is 24.4 Å². The number of carbonyl (C=O) groups excluding carboxylic acids is 1. The maximum atomic E-state index is 12.9. The van der Waals surface area contributed by atoms with E-state index < -0.39 is 21.4 Å². The number of rotatable bonds is 7. The van der Waals surface area contributed by atoms with Crippen LogP contribution in [0.15, 0.2) is 58.4 Å². The molecule has 0 spiro atoms. The van der Waals surface area contributed by atoms with Crippen LogP contribution in [0.3, 0.4) is 0 Å². The number of hydrogen-bond acceptors (Lipinski definition) is 5. The molecule has 2 aromatic carbocycles. The Morgan fingerprint density at radius 3 is 2.66 bits per heavy atom. The van der Waals surface area contributed by atoms with E-state index in [9.17, 15) is 18.0 Å². The van der Waals surface area contributed by atoms with Crippen LogP contribution in [0, 0.1) is 0 Å². The van der Waals surface area contributed by atoms with Gasteiger partial charge < -0.3 is 15.0 Å². The molecule has 0 unspecified atom stereocenters. The number of H-pyrrole nitrogens is 1. The first-order chi connectivity index (χ1) is 15.4. The third-order valence-corrected chi connectivity index (χ3v) is 6.91. The number of aromatic nitrogens is 1. The van der Waals surface area contributed by atoms with Crippen molar-refractivity contribution < 1.29 is 17.9 Å². The highest BCUT2D eigenvalue weighted by atomic mass is 32.2. The molecule has 168 valence electrons. The van der Waals surface area contributed by atoms with Crippen molar-refractivity contribution in [2.24, 2.45) is 0 Å². The number of pyridine rings is 1. The summed E-state index contributed by atoms with van der Waals surface area (Å²) in [5.41, 5.74) is 1.35. The molecule has 1 atom stereocenters. The average Bonchev–Trinajstić information content (AvgIpc) is 3.31. The van der Waals surface area contributed by atoms with Crippen molar-refractivity contribution in [3.8, 4) is 0 Å². The molecule has 9 heteroatoms. The van der Waals surface area contributed by atoms with E-state index in [4.69, 9.17) is 4.74 Å². The van der Waals surface area contributed by atoms with Gasteiger partial charge in [0, 0.05) is 35.9 Å². The number of benzene rings is 2. The molecule has 1 amide bonds. The van der Waals surface area contributed by atoms with Crippen molar-refractivity contribution in [2.75, 3.05) is 17.9 Å². The summed E-state index contributed by atoms with van der Waals surface area (Å²) >= 11 is 0. The second kappa shape index (κ2) is 9.13. The van der Waals surface area contributed by atoms with Gasteiger partial charge in [-0.3, -0.25) is 14.3 Å². The van der Waals surface area contributed by atoms with Crippen molar-refractivity contribution in [3.63, 3.8) is 0 Å². The molecule has 1 saturated heterocycles. The fraction of sp³-hybridized carbons (Fsp3) is 0.304. The molecule has 4 rings (SSSR count). The molecular weight excluding hydrogens is 430 g/mol. The van der Waals surface area contributed by atoms with Crippen LogP contribution in [0.5, 0.6) is 0 Å². The van der Waals surface area contributed by atoms with Crippen molar-refractivity contribution in [1.29, 1.82) is 0 Å². The molecule has 0 saturated carbocycles. The highest BCUT2D eigenvalue weighted by molar-refractivity contribution is 7.92. The molecule has 3 aromatic rings. The minimum atomic E-state index is -3.92. The molecule has 3 N–H and O–H groups in total. The monoisotopic (exact) mass is 455 g/mol. The number of ether oxygens (including phenoxy) is 1. The third kappa shape index (κ3) is 4.68. The molecule has 1 aromatic heterocycles. The lowest BCUT2D eigenvalue weighted by Crippen LogP contribution is -2.34. The molecule has 1 aliphatic rings. The van der Waals surface area contributed by atoms with Crippen molar-refractivity contribution in [2.45, 2.75) is 37.2 Å². The third-order valence-electron chi connectivity index (χ3n) is 5.54. The lowest BCUT2D eigenvalue weighted by atomic mass is 10.1. The largest absolute Gasteiger partial charge is 0.376 e. The minimum Gasteiger partial charge on any atom is -0.376 e. The second-order valence-electron chi connectivity index (χ2n) is 7.74. The molecule has 1 aliphatic heterocycles. The number of fused-ring (bicyclic) bond motifs is 1. The minimum absolute atomic E-state index is 0.0484. The van der Waals surface area contributed by atoms with Gasteiger partial charge in [-0.1, -0.05) is 19.1 Å². The summed E-state index contributed by atoms with van der Waals surface area (Å²) in [5, 5.41) is 2.84. The lowest BCUT2D eigenvalue weighted by molar-refractivity contribution is 0.0857. The quantitative estimate of drug-likeness (QED) is 0.506. The number of hydrogen-bond donors (Lipinski definition) is 3. The highest BCUT2D eigenvalue weighted by Gasteiger charge is 2.20. The van der Waals surface area contributed by atoms with E-state index in [1.54, 1.807) is 12.1 Å². The van der Waals surface area contributed by atoms with Gasteiger partial charge in [-0.2, -0.15) is 0 Å². The summed E-state index contributed by atoms with van der Waals surface area (Å²) in [6.45, 7) is 3.01. The SMILES string of the molecule is CCc1ccc(NS(=O)(=O)c2ccc3[nH]cc(C(=O)NC[C@@H]4CCCO4)c(=O)c3c2)cc1. The molecule has 0 radical (unpaired) electrons. The number of nitrogens with one attached hydrogen (secondary N) is 3. The number of aromatic amines is 1. The topological polar surface area (TPSA) is 117 Å². The molecule has 0 bridgehead atoms. The highest BCUT2D eigenvalue weighted by Crippen LogP contribution is 2.20. The van der Waals surface area contributed by atoms with Crippen LogP contribution in [0.4, 0.5) is 5.69 Å². The zero-order valence-electron chi connectivity index (χ0n) is 17.7. The summed E-state index contributed by atoms with van der Waals surface area (Å²) in [4.78, 5) is 28.3. The fourth-order valence-corrected chi connectivity index (χ4v) is 4.75. The first-order valence-electron chi connectivity index (χ1n) is 10.5. The normalized spacial score (nSPS) is 16.2. The second-order valence-corrected chi connectivity index (χ2v) is 9.42. The number of anilines is 1. The van der Waals surface area contributed by atoms with Crippen molar-refractivity contribution in [3.05, 3.63) is 70.0 Å². The van der Waals surface area contributed by atoms with Crippen LogP contribution < -0.4 is 15.5 Å². The predicted molar refractivity (Wildman–Crippen MR) is 123 cm³/mol. The maximum absolute atomic E-state index is 12.9. The summed E-state index contributed by atoms with van der Waals surface area (Å²) < 4.78 is 33.7. The Labute approximate surface area is 186 Å². The number of sulfonamides is 1. The van der Waals surface area contributed by atoms with Gasteiger partial charge in [-0.25, -0.2) is 8.42 Å². The van der Waals surface area contributed by atoms with Gasteiger partial charge in [0.25, 0.3) is 15.9 Å². The number of carbonyl (C=O) groups is 1. The average molecular weight is 456 g/mol. The van der Waals surface area contributed by atoms with Crippen LogP contribution in [0.2, 0.25) is 0 Å². The Morgan fingerprint density at radius 2 is 1.97 bits per heavy atom. The fourth-order valence-electron chi connectivity index (χ4n) is 3.66. The number of aryl methyl sites for hydroxylation is 1. The molecule has 32 heavy (non-hydrogen) atoms. The Hall–Kier alpha value is -3.17. The van der Waals surface area contributed by atoms with Gasteiger partial charge in [0.2, 0.25) is 5.43 Å². The van der Waals surface area contributed by atoms with Gasteiger partial charge in [0.1, 0.15) is 5.56 Å². The summed E-state index contributed by atoms with van der Waals surface area (Å²) in [6, 6.07) is 11.3. The van der Waals surface area contributed by atoms with E-state index >= 15 is 0 Å². The Kier molecular flexibility index (Phi) is 6.29. The van der Waals surface area contributed by atoms with Crippen LogP contribution in [0.1, 0.15) is 35.7 Å². The predicted octanol–water partition coefficient (Wildman–Crippen LogP) is 2.80. The molecular formula is C23H25N3O5S. The summed E-state index contributed by atoms with van der Waals surface area (Å²) in [7, 11) is -3.92. The van der Waals surface area contributed by atoms with E-state index in [0.717, 1.165) is 24.8 Å². The van der Waals surface area contributed by atoms with Crippen LogP contribution >= 0.6 is 0 Å². The smallest absolute Gasteiger partial charge is 0.261 e. The zero-order chi connectivity index (χ0) is 22.7. The van der Waals surface area contributed by atoms with Crippen LogP contribution in [-0.4, -0.2) is 38.6 Å².